The molecular weight excluding hydrogens is 100 g/mol. The van der Waals surface area contributed by atoms with E-state index in [0.717, 1.165) is 6.29 Å². The molecule has 0 rings (SSSR count). The molecule has 1 heteroatoms. The van der Waals surface area contributed by atoms with Gasteiger partial charge in [0, 0.05) is 5.92 Å². The van der Waals surface area contributed by atoms with Crippen LogP contribution in [0.3, 0.4) is 0 Å². The molecule has 0 heterocycles. The van der Waals surface area contributed by atoms with E-state index < -0.39 is 0 Å². The van der Waals surface area contributed by atoms with Crippen molar-refractivity contribution in [2.45, 2.75) is 6.92 Å². The van der Waals surface area contributed by atoms with Crippen molar-refractivity contribution in [2.24, 2.45) is 5.92 Å². The summed E-state index contributed by atoms with van der Waals surface area (Å²) in [6, 6.07) is 0. The number of carbonyl (C=O) groups is 1. The summed E-state index contributed by atoms with van der Waals surface area (Å²) < 4.78 is 0. The molecule has 0 radical (unpaired) electrons. The fraction of sp³-hybridized carbons (Fsp3) is 0.286. The topological polar surface area (TPSA) is 17.1 Å². The largest absolute Gasteiger partial charge is 0.303 e. The molecule has 0 aromatic heterocycles. The van der Waals surface area contributed by atoms with E-state index in [1.54, 1.807) is 18.2 Å². The van der Waals surface area contributed by atoms with Gasteiger partial charge in [-0.3, -0.25) is 0 Å². The Morgan fingerprint density at radius 2 is 2.25 bits per heavy atom. The van der Waals surface area contributed by atoms with E-state index in [2.05, 4.69) is 6.58 Å². The Morgan fingerprint density at radius 1 is 1.62 bits per heavy atom. The van der Waals surface area contributed by atoms with Crippen LogP contribution in [0.15, 0.2) is 24.8 Å². The Kier molecular flexibility index (Phi) is 3.85. The lowest BCUT2D eigenvalue weighted by Crippen LogP contribution is -1.86. The van der Waals surface area contributed by atoms with E-state index in [4.69, 9.17) is 0 Å². The molecule has 0 unspecified atom stereocenters. The van der Waals surface area contributed by atoms with Crippen LogP contribution in [0.4, 0.5) is 0 Å². The second-order valence-electron chi connectivity index (χ2n) is 1.62. The molecule has 0 saturated carbocycles. The lowest BCUT2D eigenvalue weighted by atomic mass is 10.2. The van der Waals surface area contributed by atoms with Gasteiger partial charge in [-0.25, -0.2) is 0 Å². The normalized spacial score (nSPS) is 13.6. The Labute approximate surface area is 49.7 Å². The van der Waals surface area contributed by atoms with Crippen molar-refractivity contribution in [3.05, 3.63) is 24.8 Å². The van der Waals surface area contributed by atoms with Gasteiger partial charge in [-0.05, 0) is 0 Å². The zero-order valence-electron chi connectivity index (χ0n) is 5.00. The van der Waals surface area contributed by atoms with Crippen molar-refractivity contribution >= 4 is 6.29 Å². The number of hydrogen-bond donors (Lipinski definition) is 0. The van der Waals surface area contributed by atoms with Crippen LogP contribution in [0.1, 0.15) is 6.92 Å². The second kappa shape index (κ2) is 4.31. The second-order valence-corrected chi connectivity index (χ2v) is 1.62. The molecule has 0 aromatic rings. The molecule has 0 aliphatic heterocycles. The smallest absolute Gasteiger partial charge is 0.126 e. The first-order valence-electron chi connectivity index (χ1n) is 2.55. The minimum absolute atomic E-state index is 0.0213. The summed E-state index contributed by atoms with van der Waals surface area (Å²) in [5, 5.41) is 0. The predicted octanol–water partition coefficient (Wildman–Crippen LogP) is 1.56. The van der Waals surface area contributed by atoms with Crippen molar-refractivity contribution in [1.82, 2.24) is 0 Å². The number of rotatable bonds is 3. The summed E-state index contributed by atoms with van der Waals surface area (Å²) in [6.45, 7) is 5.29. The molecule has 0 saturated heterocycles. The van der Waals surface area contributed by atoms with Gasteiger partial charge in [-0.1, -0.05) is 31.7 Å². The molecule has 0 bridgehead atoms. The van der Waals surface area contributed by atoms with Crippen molar-refractivity contribution in [3.63, 3.8) is 0 Å². The van der Waals surface area contributed by atoms with E-state index in [1.807, 2.05) is 6.92 Å². The summed E-state index contributed by atoms with van der Waals surface area (Å²) in [6.07, 6.45) is 6.10. The zero-order chi connectivity index (χ0) is 6.41. The van der Waals surface area contributed by atoms with Gasteiger partial charge in [0.2, 0.25) is 0 Å². The van der Waals surface area contributed by atoms with Crippen LogP contribution in [0, 0.1) is 5.92 Å². The van der Waals surface area contributed by atoms with Crippen molar-refractivity contribution in [3.8, 4) is 0 Å². The number of carbonyl (C=O) groups excluding carboxylic acids is 1. The molecule has 0 spiro atoms. The molecule has 0 fully saturated rings. The maximum Gasteiger partial charge on any atom is 0.126 e. The van der Waals surface area contributed by atoms with Crippen LogP contribution in [-0.4, -0.2) is 6.29 Å². The quantitative estimate of drug-likeness (QED) is 0.398. The van der Waals surface area contributed by atoms with Crippen LogP contribution >= 0.6 is 0 Å². The molecule has 1 atom stereocenters. The third-order valence-electron chi connectivity index (χ3n) is 0.765. The SMILES string of the molecule is C=CC=C[C@H](C)C=O. The van der Waals surface area contributed by atoms with Gasteiger partial charge >= 0.3 is 0 Å². The maximum atomic E-state index is 9.93. The van der Waals surface area contributed by atoms with Crippen molar-refractivity contribution in [1.29, 1.82) is 0 Å². The average Bonchev–Trinajstić information content (AvgIpc) is 1.83. The molecule has 0 N–H and O–H groups in total. The van der Waals surface area contributed by atoms with E-state index in [9.17, 15) is 4.79 Å². The van der Waals surface area contributed by atoms with Crippen molar-refractivity contribution in [2.75, 3.05) is 0 Å². The molecule has 0 amide bonds. The lowest BCUT2D eigenvalue weighted by molar-refractivity contribution is -0.109. The molecule has 0 aromatic carbocycles. The van der Waals surface area contributed by atoms with Crippen LogP contribution in [0.25, 0.3) is 0 Å². The Bertz CT molecular complexity index is 103. The van der Waals surface area contributed by atoms with Crippen LogP contribution in [0.5, 0.6) is 0 Å². The minimum atomic E-state index is 0.0213. The van der Waals surface area contributed by atoms with Gasteiger partial charge in [0.1, 0.15) is 6.29 Å². The van der Waals surface area contributed by atoms with E-state index in [0.29, 0.717) is 0 Å². The van der Waals surface area contributed by atoms with Gasteiger partial charge in [0.05, 0.1) is 0 Å². The number of allylic oxidation sites excluding steroid dienone is 3. The van der Waals surface area contributed by atoms with Crippen molar-refractivity contribution < 1.29 is 4.79 Å². The average molecular weight is 110 g/mol. The molecule has 0 aliphatic carbocycles. The molecule has 8 heavy (non-hydrogen) atoms. The van der Waals surface area contributed by atoms with E-state index in [1.165, 1.54) is 0 Å². The van der Waals surface area contributed by atoms with Gasteiger partial charge in [-0.15, -0.1) is 0 Å². The highest BCUT2D eigenvalue weighted by Gasteiger charge is 1.86. The highest BCUT2D eigenvalue weighted by molar-refractivity contribution is 5.55. The van der Waals surface area contributed by atoms with Gasteiger partial charge < -0.3 is 4.79 Å². The highest BCUT2D eigenvalue weighted by atomic mass is 16.1. The molecule has 44 valence electrons. The first-order chi connectivity index (χ1) is 3.81. The number of aldehydes is 1. The Hall–Kier alpha value is -0.850. The fourth-order valence-electron chi connectivity index (χ4n) is 0.299. The molecule has 1 nitrogen and oxygen atoms in total. The lowest BCUT2D eigenvalue weighted by Gasteiger charge is -1.86. The van der Waals surface area contributed by atoms with Crippen LogP contribution in [-0.2, 0) is 4.79 Å². The molecule has 0 aliphatic rings. The Morgan fingerprint density at radius 3 is 2.62 bits per heavy atom. The number of hydrogen-bond acceptors (Lipinski definition) is 1. The van der Waals surface area contributed by atoms with Gasteiger partial charge in [0.25, 0.3) is 0 Å². The van der Waals surface area contributed by atoms with Crippen LogP contribution in [0.2, 0.25) is 0 Å². The zero-order valence-corrected chi connectivity index (χ0v) is 5.00. The minimum Gasteiger partial charge on any atom is -0.303 e. The summed E-state index contributed by atoms with van der Waals surface area (Å²) in [4.78, 5) is 9.93. The monoisotopic (exact) mass is 110 g/mol. The third kappa shape index (κ3) is 3.34. The Balaban J connectivity index is 3.50. The van der Waals surface area contributed by atoms with E-state index in [-0.39, 0.29) is 5.92 Å². The summed E-state index contributed by atoms with van der Waals surface area (Å²) in [7, 11) is 0. The van der Waals surface area contributed by atoms with E-state index >= 15 is 0 Å². The third-order valence-corrected chi connectivity index (χ3v) is 0.765. The van der Waals surface area contributed by atoms with Gasteiger partial charge in [0.15, 0.2) is 0 Å². The molecular formula is C7H10O. The van der Waals surface area contributed by atoms with Gasteiger partial charge in [-0.2, -0.15) is 0 Å². The first-order valence-corrected chi connectivity index (χ1v) is 2.55. The van der Waals surface area contributed by atoms with Crippen LogP contribution < -0.4 is 0 Å². The first kappa shape index (κ1) is 7.15. The standard InChI is InChI=1S/C7H10O/c1-3-4-5-7(2)6-8/h3-7H,1H2,2H3/t7-/m0/s1. The maximum absolute atomic E-state index is 9.93. The fourth-order valence-corrected chi connectivity index (χ4v) is 0.299. The summed E-state index contributed by atoms with van der Waals surface area (Å²) in [5.74, 6) is 0.0213. The summed E-state index contributed by atoms with van der Waals surface area (Å²) in [5.41, 5.74) is 0. The predicted molar refractivity (Wildman–Crippen MR) is 34.6 cm³/mol. The highest BCUT2D eigenvalue weighted by Crippen LogP contribution is 1.89. The summed E-state index contributed by atoms with van der Waals surface area (Å²) >= 11 is 0.